The van der Waals surface area contributed by atoms with Crippen molar-refractivity contribution >= 4 is 12.0 Å². The fraction of sp³-hybridized carbons (Fsp3) is 0.615. The lowest BCUT2D eigenvalue weighted by atomic mass is 10.1. The van der Waals surface area contributed by atoms with Crippen LogP contribution in [0.1, 0.15) is 12.1 Å². The molecule has 0 saturated carbocycles. The largest absolute Gasteiger partial charge is 0.480 e. The van der Waals surface area contributed by atoms with Gasteiger partial charge in [0.05, 0.1) is 12.9 Å². The minimum absolute atomic E-state index is 0.177. The van der Waals surface area contributed by atoms with E-state index in [0.717, 1.165) is 6.42 Å². The fourth-order valence-corrected chi connectivity index (χ4v) is 2.45. The summed E-state index contributed by atoms with van der Waals surface area (Å²) >= 11 is 0. The van der Waals surface area contributed by atoms with E-state index in [4.69, 9.17) is 4.74 Å². The maximum absolute atomic E-state index is 12.1. The molecule has 2 rings (SSSR count). The van der Waals surface area contributed by atoms with Gasteiger partial charge in [0.2, 0.25) is 0 Å². The Morgan fingerprint density at radius 1 is 1.67 bits per heavy atom. The van der Waals surface area contributed by atoms with Gasteiger partial charge in [0, 0.05) is 44.4 Å². The van der Waals surface area contributed by atoms with Gasteiger partial charge in [-0.2, -0.15) is 0 Å². The van der Waals surface area contributed by atoms with Crippen molar-refractivity contribution in [3.63, 3.8) is 0 Å². The van der Waals surface area contributed by atoms with Gasteiger partial charge in [-0.25, -0.2) is 14.6 Å². The van der Waals surface area contributed by atoms with Crippen LogP contribution in [0.4, 0.5) is 4.79 Å². The summed E-state index contributed by atoms with van der Waals surface area (Å²) in [6, 6.07) is -1.32. The van der Waals surface area contributed by atoms with Crippen LogP contribution in [0.3, 0.4) is 0 Å². The van der Waals surface area contributed by atoms with Crippen LogP contribution in [0, 0.1) is 5.92 Å². The molecule has 0 radical (unpaired) electrons. The molecule has 0 bridgehead atoms. The van der Waals surface area contributed by atoms with Gasteiger partial charge >= 0.3 is 12.0 Å². The summed E-state index contributed by atoms with van der Waals surface area (Å²) in [5, 5.41) is 11.8. The minimum atomic E-state index is -1.06. The van der Waals surface area contributed by atoms with E-state index in [1.165, 1.54) is 6.33 Å². The van der Waals surface area contributed by atoms with Crippen LogP contribution >= 0.6 is 0 Å². The lowest BCUT2D eigenvalue weighted by Crippen LogP contribution is -2.48. The Morgan fingerprint density at radius 2 is 2.48 bits per heavy atom. The number of carboxylic acids is 1. The zero-order valence-corrected chi connectivity index (χ0v) is 11.9. The first kappa shape index (κ1) is 15.3. The number of likely N-dealkylation sites (tertiary alicyclic amines) is 1. The summed E-state index contributed by atoms with van der Waals surface area (Å²) in [5.41, 5.74) is 0.668. The quantitative estimate of drug-likeness (QED) is 0.689. The third-order valence-electron chi connectivity index (χ3n) is 3.55. The molecule has 2 unspecified atom stereocenters. The highest BCUT2D eigenvalue weighted by molar-refractivity contribution is 5.82. The molecule has 1 aliphatic rings. The average Bonchev–Trinajstić information content (AvgIpc) is 3.09. The van der Waals surface area contributed by atoms with Crippen molar-refractivity contribution in [2.24, 2.45) is 5.92 Å². The van der Waals surface area contributed by atoms with E-state index < -0.39 is 12.0 Å². The number of carbonyl (C=O) groups excluding carboxylic acids is 1. The van der Waals surface area contributed by atoms with Crippen molar-refractivity contribution in [2.75, 3.05) is 26.8 Å². The highest BCUT2D eigenvalue weighted by atomic mass is 16.5. The Bertz CT molecular complexity index is 477. The van der Waals surface area contributed by atoms with Gasteiger partial charge < -0.3 is 25.0 Å². The molecule has 2 atom stereocenters. The van der Waals surface area contributed by atoms with Gasteiger partial charge in [-0.15, -0.1) is 0 Å². The monoisotopic (exact) mass is 296 g/mol. The number of aliphatic carboxylic acids is 1. The third kappa shape index (κ3) is 4.19. The number of aromatic amines is 1. The summed E-state index contributed by atoms with van der Waals surface area (Å²) in [7, 11) is 1.63. The number of hydrogen-bond donors (Lipinski definition) is 3. The molecule has 3 N–H and O–H groups in total. The molecular weight excluding hydrogens is 276 g/mol. The standard InChI is InChI=1S/C13H20N4O4/c1-21-7-9-2-3-17(6-9)13(20)16-11(12(18)19)4-10-5-14-8-15-10/h5,8-9,11H,2-4,6-7H2,1H3,(H,14,15)(H,16,20)(H,18,19). The van der Waals surface area contributed by atoms with E-state index >= 15 is 0 Å². The molecule has 2 heterocycles. The van der Waals surface area contributed by atoms with E-state index in [-0.39, 0.29) is 12.5 Å². The molecule has 116 valence electrons. The number of methoxy groups -OCH3 is 1. The maximum atomic E-state index is 12.1. The van der Waals surface area contributed by atoms with Crippen LogP contribution < -0.4 is 5.32 Å². The number of nitrogens with one attached hydrogen (secondary N) is 2. The molecule has 21 heavy (non-hydrogen) atoms. The predicted octanol–water partition coefficient (Wildman–Crippen LogP) is 0.0833. The second-order valence-electron chi connectivity index (χ2n) is 5.18. The normalized spacial score (nSPS) is 19.5. The molecule has 1 fully saturated rings. The van der Waals surface area contributed by atoms with Crippen molar-refractivity contribution in [3.8, 4) is 0 Å². The van der Waals surface area contributed by atoms with Crippen LogP contribution in [0.5, 0.6) is 0 Å². The summed E-state index contributed by atoms with van der Waals surface area (Å²) < 4.78 is 5.08. The highest BCUT2D eigenvalue weighted by Gasteiger charge is 2.29. The van der Waals surface area contributed by atoms with Gasteiger partial charge in [-0.05, 0) is 6.42 Å². The van der Waals surface area contributed by atoms with Crippen molar-refractivity contribution in [3.05, 3.63) is 18.2 Å². The van der Waals surface area contributed by atoms with Gasteiger partial charge in [0.15, 0.2) is 0 Å². The molecule has 0 aromatic carbocycles. The molecule has 1 aromatic heterocycles. The van der Waals surface area contributed by atoms with Crippen LogP contribution in [0.2, 0.25) is 0 Å². The van der Waals surface area contributed by atoms with Crippen LogP contribution in [0.25, 0.3) is 0 Å². The Labute approximate surface area is 122 Å². The first-order chi connectivity index (χ1) is 10.1. The highest BCUT2D eigenvalue weighted by Crippen LogP contribution is 2.16. The predicted molar refractivity (Wildman–Crippen MR) is 73.8 cm³/mol. The first-order valence-corrected chi connectivity index (χ1v) is 6.84. The molecule has 1 saturated heterocycles. The molecule has 8 nitrogen and oxygen atoms in total. The number of amides is 2. The molecule has 0 aliphatic carbocycles. The molecule has 0 spiro atoms. The topological polar surface area (TPSA) is 108 Å². The zero-order valence-electron chi connectivity index (χ0n) is 11.9. The smallest absolute Gasteiger partial charge is 0.326 e. The summed E-state index contributed by atoms with van der Waals surface area (Å²) in [5.74, 6) is -0.748. The lowest BCUT2D eigenvalue weighted by Gasteiger charge is -2.20. The number of carboxylic acid groups (broad SMARTS) is 1. The van der Waals surface area contributed by atoms with Gasteiger partial charge in [-0.1, -0.05) is 0 Å². The zero-order chi connectivity index (χ0) is 15.2. The van der Waals surface area contributed by atoms with Crippen LogP contribution in [-0.2, 0) is 16.0 Å². The van der Waals surface area contributed by atoms with Gasteiger partial charge in [0.25, 0.3) is 0 Å². The first-order valence-electron chi connectivity index (χ1n) is 6.84. The molecule has 1 aliphatic heterocycles. The Balaban J connectivity index is 1.88. The SMILES string of the molecule is COCC1CCN(C(=O)NC(Cc2cnc[nH]2)C(=O)O)C1. The number of rotatable bonds is 6. The van der Waals surface area contributed by atoms with Crippen molar-refractivity contribution in [1.82, 2.24) is 20.2 Å². The second-order valence-corrected chi connectivity index (χ2v) is 5.18. The summed E-state index contributed by atoms with van der Waals surface area (Å²) in [4.78, 5) is 31.7. The summed E-state index contributed by atoms with van der Waals surface area (Å²) in [6.07, 6.45) is 4.08. The van der Waals surface area contributed by atoms with Crippen molar-refractivity contribution in [2.45, 2.75) is 18.9 Å². The second kappa shape index (κ2) is 7.07. The maximum Gasteiger partial charge on any atom is 0.326 e. The summed E-state index contributed by atoms with van der Waals surface area (Å²) in [6.45, 7) is 1.83. The van der Waals surface area contributed by atoms with Gasteiger partial charge in [-0.3, -0.25) is 0 Å². The number of ether oxygens (including phenoxy) is 1. The average molecular weight is 296 g/mol. The Morgan fingerprint density at radius 3 is 3.10 bits per heavy atom. The van der Waals surface area contributed by atoms with Gasteiger partial charge in [0.1, 0.15) is 6.04 Å². The van der Waals surface area contributed by atoms with Crippen LogP contribution in [-0.4, -0.2) is 64.8 Å². The number of hydrogen-bond acceptors (Lipinski definition) is 4. The number of H-pyrrole nitrogens is 1. The number of carbonyl (C=O) groups is 2. The molecule has 8 heteroatoms. The van der Waals surface area contributed by atoms with E-state index in [1.807, 2.05) is 0 Å². The number of nitrogens with zero attached hydrogens (tertiary/aromatic N) is 2. The Hall–Kier alpha value is -2.09. The van der Waals surface area contributed by atoms with E-state index in [2.05, 4.69) is 15.3 Å². The molecule has 1 aromatic rings. The van der Waals surface area contributed by atoms with E-state index in [9.17, 15) is 14.7 Å². The van der Waals surface area contributed by atoms with Crippen LogP contribution in [0.15, 0.2) is 12.5 Å². The number of urea groups is 1. The lowest BCUT2D eigenvalue weighted by molar-refractivity contribution is -0.139. The Kier molecular flexibility index (Phi) is 5.15. The molecule has 2 amide bonds. The van der Waals surface area contributed by atoms with Crippen molar-refractivity contribution in [1.29, 1.82) is 0 Å². The van der Waals surface area contributed by atoms with Crippen molar-refractivity contribution < 1.29 is 19.4 Å². The van der Waals surface area contributed by atoms with E-state index in [1.54, 1.807) is 18.2 Å². The fourth-order valence-electron chi connectivity index (χ4n) is 2.45. The third-order valence-corrected chi connectivity index (χ3v) is 3.55. The van der Waals surface area contributed by atoms with E-state index in [0.29, 0.717) is 31.3 Å². The minimum Gasteiger partial charge on any atom is -0.480 e. The molecular formula is C13H20N4O4. The number of imidazole rings is 1. The number of aromatic nitrogens is 2.